The van der Waals surface area contributed by atoms with Crippen molar-refractivity contribution < 1.29 is 4.74 Å². The van der Waals surface area contributed by atoms with Crippen molar-refractivity contribution in [2.24, 2.45) is 0 Å². The number of rotatable bonds is 5. The maximum atomic E-state index is 5.60. The van der Waals surface area contributed by atoms with Crippen LogP contribution in [0.5, 0.6) is 0 Å². The van der Waals surface area contributed by atoms with Crippen LogP contribution < -0.4 is 9.80 Å². The van der Waals surface area contributed by atoms with Crippen LogP contribution in [0.3, 0.4) is 0 Å². The van der Waals surface area contributed by atoms with Gasteiger partial charge in [-0.2, -0.15) is 0 Å². The van der Waals surface area contributed by atoms with E-state index in [0.717, 1.165) is 49.8 Å². The van der Waals surface area contributed by atoms with Gasteiger partial charge in [-0.05, 0) is 74.3 Å². The minimum Gasteiger partial charge on any atom is -0.380 e. The van der Waals surface area contributed by atoms with Crippen molar-refractivity contribution >= 4 is 22.4 Å². The summed E-state index contributed by atoms with van der Waals surface area (Å²) in [5, 5.41) is 1.20. The quantitative estimate of drug-likeness (QED) is 0.527. The molecule has 1 aliphatic carbocycles. The predicted molar refractivity (Wildman–Crippen MR) is 135 cm³/mol. The van der Waals surface area contributed by atoms with Gasteiger partial charge in [0.05, 0.1) is 11.6 Å². The Morgan fingerprint density at radius 1 is 0.848 bits per heavy atom. The van der Waals surface area contributed by atoms with Crippen LogP contribution in [0, 0.1) is 6.92 Å². The minimum atomic E-state index is 0.328. The van der Waals surface area contributed by atoms with Crippen LogP contribution >= 0.6 is 0 Å². The molecule has 2 aliphatic heterocycles. The zero-order chi connectivity index (χ0) is 22.4. The molecule has 3 aromatic rings. The topological polar surface area (TPSA) is 41.5 Å². The number of hydrogen-bond acceptors (Lipinski definition) is 5. The van der Waals surface area contributed by atoms with Crippen molar-refractivity contribution in [1.82, 2.24) is 9.97 Å². The summed E-state index contributed by atoms with van der Waals surface area (Å²) >= 11 is 0. The van der Waals surface area contributed by atoms with Gasteiger partial charge in [0.2, 0.25) is 0 Å². The Morgan fingerprint density at radius 3 is 2.36 bits per heavy atom. The molecule has 5 nitrogen and oxygen atoms in total. The summed E-state index contributed by atoms with van der Waals surface area (Å²) in [5.41, 5.74) is 5.30. The number of ether oxygens (including phenoxy) is 1. The van der Waals surface area contributed by atoms with Crippen molar-refractivity contribution in [2.45, 2.75) is 57.0 Å². The van der Waals surface area contributed by atoms with Gasteiger partial charge < -0.3 is 14.5 Å². The smallest absolute Gasteiger partial charge is 0.140 e. The Bertz CT molecular complexity index is 1150. The zero-order valence-corrected chi connectivity index (χ0v) is 19.8. The fraction of sp³-hybridized carbons (Fsp3) is 0.500. The largest absolute Gasteiger partial charge is 0.380 e. The third kappa shape index (κ3) is 4.08. The van der Waals surface area contributed by atoms with E-state index >= 15 is 0 Å². The number of methoxy groups -OCH3 is 1. The first-order chi connectivity index (χ1) is 16.2. The van der Waals surface area contributed by atoms with Crippen LogP contribution in [0.2, 0.25) is 0 Å². The molecule has 2 saturated heterocycles. The first kappa shape index (κ1) is 20.9. The number of nitrogens with zero attached hydrogens (tertiary/aromatic N) is 4. The van der Waals surface area contributed by atoms with Gasteiger partial charge in [-0.15, -0.1) is 0 Å². The number of anilines is 2. The maximum absolute atomic E-state index is 5.60. The van der Waals surface area contributed by atoms with Crippen molar-refractivity contribution in [3.63, 3.8) is 0 Å². The SMILES string of the molecule is CO[C@@H]1CCN(c2ccc3nc(C4CC4)nc(N4CCC(c5ccccc5C)CC4)c3c2)C1. The molecule has 1 atom stereocenters. The second-order valence-corrected chi connectivity index (χ2v) is 10.1. The molecule has 6 rings (SSSR count). The maximum Gasteiger partial charge on any atom is 0.140 e. The van der Waals surface area contributed by atoms with E-state index in [1.807, 2.05) is 7.11 Å². The Labute approximate surface area is 196 Å². The number of fused-ring (bicyclic) bond motifs is 1. The molecule has 172 valence electrons. The van der Waals surface area contributed by atoms with Crippen LogP contribution in [0.15, 0.2) is 42.5 Å². The highest BCUT2D eigenvalue weighted by atomic mass is 16.5. The van der Waals surface area contributed by atoms with Gasteiger partial charge in [-0.3, -0.25) is 0 Å². The van der Waals surface area contributed by atoms with E-state index in [4.69, 9.17) is 14.7 Å². The standard InChI is InChI=1S/C28H34N4O/c1-19-5-3-4-6-24(19)20-11-14-31(15-12-20)28-25-17-22(32-16-13-23(18-32)33-2)9-10-26(25)29-27(30-28)21-7-8-21/h3-6,9-10,17,20-21,23H,7-8,11-16,18H2,1-2H3/t23-/m1/s1. The Balaban J connectivity index is 1.31. The van der Waals surface area contributed by atoms with E-state index in [-0.39, 0.29) is 0 Å². The van der Waals surface area contributed by atoms with Crippen LogP contribution in [-0.4, -0.2) is 49.4 Å². The highest BCUT2D eigenvalue weighted by Crippen LogP contribution is 2.41. The lowest BCUT2D eigenvalue weighted by atomic mass is 9.87. The molecule has 0 N–H and O–H groups in total. The predicted octanol–water partition coefficient (Wildman–Crippen LogP) is 5.42. The van der Waals surface area contributed by atoms with Crippen molar-refractivity contribution in [2.75, 3.05) is 43.1 Å². The van der Waals surface area contributed by atoms with Gasteiger partial charge in [0.15, 0.2) is 0 Å². The van der Waals surface area contributed by atoms with Crippen LogP contribution in [0.4, 0.5) is 11.5 Å². The molecule has 3 aliphatic rings. The monoisotopic (exact) mass is 442 g/mol. The van der Waals surface area contributed by atoms with Gasteiger partial charge in [0, 0.05) is 50.3 Å². The van der Waals surface area contributed by atoms with Crippen molar-refractivity contribution in [1.29, 1.82) is 0 Å². The average Bonchev–Trinajstić information content (AvgIpc) is 3.60. The molecular weight excluding hydrogens is 408 g/mol. The molecular formula is C28H34N4O. The summed E-state index contributed by atoms with van der Waals surface area (Å²) in [6.07, 6.45) is 6.22. The number of piperidine rings is 1. The first-order valence-electron chi connectivity index (χ1n) is 12.6. The molecule has 1 saturated carbocycles. The number of hydrogen-bond donors (Lipinski definition) is 0. The van der Waals surface area contributed by atoms with E-state index < -0.39 is 0 Å². The molecule has 2 aromatic carbocycles. The third-order valence-corrected chi connectivity index (χ3v) is 7.89. The van der Waals surface area contributed by atoms with Gasteiger partial charge in [-0.25, -0.2) is 9.97 Å². The highest BCUT2D eigenvalue weighted by molar-refractivity contribution is 5.92. The fourth-order valence-electron chi connectivity index (χ4n) is 5.68. The van der Waals surface area contributed by atoms with Crippen LogP contribution in [0.1, 0.15) is 60.9 Å². The third-order valence-electron chi connectivity index (χ3n) is 7.89. The lowest BCUT2D eigenvalue weighted by Gasteiger charge is -2.34. The van der Waals surface area contributed by atoms with Gasteiger partial charge in [0.25, 0.3) is 0 Å². The summed E-state index contributed by atoms with van der Waals surface area (Å²) in [7, 11) is 1.82. The van der Waals surface area contributed by atoms with Crippen LogP contribution in [-0.2, 0) is 4.74 Å². The molecule has 0 spiro atoms. The minimum absolute atomic E-state index is 0.328. The molecule has 0 unspecified atom stereocenters. The lowest BCUT2D eigenvalue weighted by Crippen LogP contribution is -2.34. The number of aromatic nitrogens is 2. The van der Waals surface area contributed by atoms with E-state index in [2.05, 4.69) is 59.2 Å². The fourth-order valence-corrected chi connectivity index (χ4v) is 5.68. The van der Waals surface area contributed by atoms with Crippen molar-refractivity contribution in [3.05, 3.63) is 59.4 Å². The van der Waals surface area contributed by atoms with Gasteiger partial charge in [0.1, 0.15) is 11.6 Å². The average molecular weight is 443 g/mol. The Morgan fingerprint density at radius 2 is 1.64 bits per heavy atom. The molecule has 5 heteroatoms. The summed E-state index contributed by atoms with van der Waals surface area (Å²) in [6.45, 7) is 6.35. The van der Waals surface area contributed by atoms with E-state index in [9.17, 15) is 0 Å². The van der Waals surface area contributed by atoms with E-state index in [0.29, 0.717) is 17.9 Å². The molecule has 33 heavy (non-hydrogen) atoms. The lowest BCUT2D eigenvalue weighted by molar-refractivity contribution is 0.121. The molecule has 0 amide bonds. The van der Waals surface area contributed by atoms with Gasteiger partial charge >= 0.3 is 0 Å². The summed E-state index contributed by atoms with van der Waals surface area (Å²) in [5.74, 6) is 3.39. The van der Waals surface area contributed by atoms with E-state index in [1.54, 1.807) is 0 Å². The van der Waals surface area contributed by atoms with Crippen molar-refractivity contribution in [3.8, 4) is 0 Å². The first-order valence-corrected chi connectivity index (χ1v) is 12.6. The highest BCUT2D eigenvalue weighted by Gasteiger charge is 2.30. The van der Waals surface area contributed by atoms with E-state index in [1.165, 1.54) is 47.9 Å². The molecule has 0 radical (unpaired) electrons. The second kappa shape index (κ2) is 8.60. The molecule has 1 aromatic heterocycles. The normalized spacial score (nSPS) is 21.8. The second-order valence-electron chi connectivity index (χ2n) is 10.1. The Kier molecular flexibility index (Phi) is 5.45. The van der Waals surface area contributed by atoms with Gasteiger partial charge in [-0.1, -0.05) is 24.3 Å². The Hall–Kier alpha value is -2.66. The zero-order valence-electron chi connectivity index (χ0n) is 19.8. The molecule has 3 fully saturated rings. The van der Waals surface area contributed by atoms with Crippen LogP contribution in [0.25, 0.3) is 10.9 Å². The molecule has 3 heterocycles. The summed E-state index contributed by atoms with van der Waals surface area (Å²) < 4.78 is 5.60. The number of benzene rings is 2. The number of aryl methyl sites for hydroxylation is 1. The summed E-state index contributed by atoms with van der Waals surface area (Å²) in [4.78, 5) is 15.1. The summed E-state index contributed by atoms with van der Waals surface area (Å²) in [6, 6.07) is 15.7. The molecule has 0 bridgehead atoms.